The predicted molar refractivity (Wildman–Crippen MR) is 49.8 cm³/mol. The van der Waals surface area contributed by atoms with Gasteiger partial charge in [-0.25, -0.2) is 0 Å². The highest BCUT2D eigenvalue weighted by atomic mass is 16.5. The predicted octanol–water partition coefficient (Wildman–Crippen LogP) is 0.934. The van der Waals surface area contributed by atoms with Crippen molar-refractivity contribution in [3.8, 4) is 0 Å². The van der Waals surface area contributed by atoms with Crippen molar-refractivity contribution in [3.05, 3.63) is 0 Å². The molecule has 1 fully saturated rings. The van der Waals surface area contributed by atoms with Crippen molar-refractivity contribution in [1.29, 1.82) is 0 Å². The van der Waals surface area contributed by atoms with Crippen molar-refractivity contribution in [2.24, 2.45) is 5.92 Å². The molecule has 0 aliphatic carbocycles. The number of ketones is 1. The zero-order valence-electron chi connectivity index (χ0n) is 8.83. The zero-order valence-corrected chi connectivity index (χ0v) is 8.83. The highest BCUT2D eigenvalue weighted by Gasteiger charge is 2.38. The largest absolute Gasteiger partial charge is 0.465 e. The van der Waals surface area contributed by atoms with Gasteiger partial charge in [-0.1, -0.05) is 0 Å². The van der Waals surface area contributed by atoms with Crippen LogP contribution in [-0.2, 0) is 19.1 Å². The van der Waals surface area contributed by atoms with Crippen LogP contribution in [0.25, 0.3) is 0 Å². The molecule has 0 aromatic rings. The van der Waals surface area contributed by atoms with Crippen molar-refractivity contribution in [2.75, 3.05) is 13.2 Å². The summed E-state index contributed by atoms with van der Waals surface area (Å²) in [6.07, 6.45) is 0.274. The summed E-state index contributed by atoms with van der Waals surface area (Å²) in [4.78, 5) is 22.8. The zero-order chi connectivity index (χ0) is 10.8. The Bertz CT molecular complexity index is 245. The molecule has 0 aromatic carbocycles. The van der Waals surface area contributed by atoms with Crippen LogP contribution in [0.3, 0.4) is 0 Å². The number of ether oxygens (including phenoxy) is 2. The van der Waals surface area contributed by atoms with E-state index in [-0.39, 0.29) is 18.8 Å². The first-order valence-electron chi connectivity index (χ1n) is 4.79. The topological polar surface area (TPSA) is 52.6 Å². The Morgan fingerprint density at radius 3 is 2.79 bits per heavy atom. The molecule has 1 aliphatic heterocycles. The second-order valence-corrected chi connectivity index (χ2v) is 4.02. The second-order valence-electron chi connectivity index (χ2n) is 4.02. The molecule has 0 aromatic heterocycles. The maximum absolute atomic E-state index is 11.5. The van der Waals surface area contributed by atoms with Gasteiger partial charge in [0, 0.05) is 6.42 Å². The maximum Gasteiger partial charge on any atom is 0.318 e. The summed E-state index contributed by atoms with van der Waals surface area (Å²) in [5, 5.41) is 0. The van der Waals surface area contributed by atoms with Gasteiger partial charge in [0.25, 0.3) is 0 Å². The summed E-state index contributed by atoms with van der Waals surface area (Å²) in [6, 6.07) is 0. The fraction of sp³-hybridized carbons (Fsp3) is 0.800. The highest BCUT2D eigenvalue weighted by Crippen LogP contribution is 2.25. The number of hydrogen-bond donors (Lipinski definition) is 0. The van der Waals surface area contributed by atoms with Gasteiger partial charge in [-0.15, -0.1) is 0 Å². The van der Waals surface area contributed by atoms with Crippen LogP contribution < -0.4 is 0 Å². The number of esters is 1. The summed E-state index contributed by atoms with van der Waals surface area (Å²) < 4.78 is 10.2. The van der Waals surface area contributed by atoms with Gasteiger partial charge in [0.05, 0.1) is 18.8 Å². The fourth-order valence-corrected chi connectivity index (χ4v) is 1.44. The van der Waals surface area contributed by atoms with Crippen molar-refractivity contribution < 1.29 is 19.1 Å². The lowest BCUT2D eigenvalue weighted by atomic mass is 9.90. The van der Waals surface area contributed by atoms with E-state index in [0.717, 1.165) is 0 Å². The average molecular weight is 200 g/mol. The summed E-state index contributed by atoms with van der Waals surface area (Å²) in [6.45, 7) is 5.84. The van der Waals surface area contributed by atoms with Gasteiger partial charge < -0.3 is 9.47 Å². The number of hydrogen-bond acceptors (Lipinski definition) is 4. The van der Waals surface area contributed by atoms with Crippen LogP contribution in [0.4, 0.5) is 0 Å². The van der Waals surface area contributed by atoms with Crippen LogP contribution in [0.5, 0.6) is 0 Å². The van der Waals surface area contributed by atoms with E-state index >= 15 is 0 Å². The third-order valence-electron chi connectivity index (χ3n) is 2.20. The molecule has 1 heterocycles. The van der Waals surface area contributed by atoms with Crippen molar-refractivity contribution in [2.45, 2.75) is 32.8 Å². The van der Waals surface area contributed by atoms with Gasteiger partial charge in [0.2, 0.25) is 0 Å². The average Bonchev–Trinajstić information content (AvgIpc) is 2.02. The van der Waals surface area contributed by atoms with Crippen molar-refractivity contribution >= 4 is 11.8 Å². The van der Waals surface area contributed by atoms with Crippen LogP contribution in [0.1, 0.15) is 27.2 Å². The summed E-state index contributed by atoms with van der Waals surface area (Å²) in [5.41, 5.74) is -0.444. The minimum absolute atomic E-state index is 0.0836. The lowest BCUT2D eigenvalue weighted by Gasteiger charge is -2.32. The molecular formula is C10H16O4. The van der Waals surface area contributed by atoms with E-state index in [9.17, 15) is 9.59 Å². The van der Waals surface area contributed by atoms with Gasteiger partial charge in [-0.3, -0.25) is 9.59 Å². The Morgan fingerprint density at radius 2 is 2.29 bits per heavy atom. The fourth-order valence-electron chi connectivity index (χ4n) is 1.44. The number of rotatable bonds is 2. The molecule has 1 atom stereocenters. The Balaban J connectivity index is 2.58. The Labute approximate surface area is 83.6 Å². The molecule has 0 radical (unpaired) electrons. The standard InChI is InChI=1S/C10H16O4/c1-4-13-9(12)7-6-14-10(2,3)5-8(7)11/h7H,4-6H2,1-3H3/t7-/m0/s1. The molecule has 0 N–H and O–H groups in total. The first-order valence-corrected chi connectivity index (χ1v) is 4.79. The van der Waals surface area contributed by atoms with Gasteiger partial charge in [0.15, 0.2) is 5.78 Å². The molecule has 1 saturated heterocycles. The molecule has 4 nitrogen and oxygen atoms in total. The highest BCUT2D eigenvalue weighted by molar-refractivity contribution is 6.00. The van der Waals surface area contributed by atoms with Crippen LogP contribution in [0.2, 0.25) is 0 Å². The summed E-state index contributed by atoms with van der Waals surface area (Å²) in [7, 11) is 0. The maximum atomic E-state index is 11.5. The molecular weight excluding hydrogens is 184 g/mol. The molecule has 0 unspecified atom stereocenters. The lowest BCUT2D eigenvalue weighted by Crippen LogP contribution is -2.43. The van der Waals surface area contributed by atoms with Crippen molar-refractivity contribution in [3.63, 3.8) is 0 Å². The SMILES string of the molecule is CCOC(=O)[C@H]1COC(C)(C)CC1=O. The van der Waals surface area contributed by atoms with Gasteiger partial charge >= 0.3 is 5.97 Å². The molecule has 14 heavy (non-hydrogen) atoms. The first-order chi connectivity index (χ1) is 6.46. The van der Waals surface area contributed by atoms with Gasteiger partial charge in [-0.05, 0) is 20.8 Å². The van der Waals surface area contributed by atoms with Crippen LogP contribution in [-0.4, -0.2) is 30.6 Å². The quantitative estimate of drug-likeness (QED) is 0.491. The molecule has 1 rings (SSSR count). The Kier molecular flexibility index (Phi) is 3.26. The molecule has 0 bridgehead atoms. The van der Waals surface area contributed by atoms with E-state index in [0.29, 0.717) is 6.61 Å². The summed E-state index contributed by atoms with van der Waals surface area (Å²) in [5.74, 6) is -1.27. The minimum atomic E-state index is -0.719. The normalized spacial score (nSPS) is 25.9. The molecule has 0 spiro atoms. The first kappa shape index (κ1) is 11.2. The minimum Gasteiger partial charge on any atom is -0.465 e. The van der Waals surface area contributed by atoms with E-state index in [1.54, 1.807) is 6.92 Å². The van der Waals surface area contributed by atoms with Gasteiger partial charge in [-0.2, -0.15) is 0 Å². The number of carbonyl (C=O) groups excluding carboxylic acids is 2. The smallest absolute Gasteiger partial charge is 0.318 e. The molecule has 0 amide bonds. The van der Waals surface area contributed by atoms with E-state index < -0.39 is 17.5 Å². The molecule has 0 saturated carbocycles. The Morgan fingerprint density at radius 1 is 1.64 bits per heavy atom. The van der Waals surface area contributed by atoms with Gasteiger partial charge in [0.1, 0.15) is 5.92 Å². The Hall–Kier alpha value is -0.900. The lowest BCUT2D eigenvalue weighted by molar-refractivity contribution is -0.165. The monoisotopic (exact) mass is 200 g/mol. The van der Waals surface area contributed by atoms with Crippen LogP contribution in [0, 0.1) is 5.92 Å². The van der Waals surface area contributed by atoms with E-state index in [1.807, 2.05) is 13.8 Å². The molecule has 80 valence electrons. The van der Waals surface area contributed by atoms with Crippen LogP contribution in [0.15, 0.2) is 0 Å². The van der Waals surface area contributed by atoms with Crippen molar-refractivity contribution in [1.82, 2.24) is 0 Å². The molecule has 1 aliphatic rings. The molecule has 4 heteroatoms. The number of carbonyl (C=O) groups is 2. The van der Waals surface area contributed by atoms with E-state index in [1.165, 1.54) is 0 Å². The van der Waals surface area contributed by atoms with E-state index in [4.69, 9.17) is 9.47 Å². The second kappa shape index (κ2) is 4.09. The number of Topliss-reactive ketones (excluding diaryl/α,β-unsaturated/α-hetero) is 1. The van der Waals surface area contributed by atoms with Crippen LogP contribution >= 0.6 is 0 Å². The third-order valence-corrected chi connectivity index (χ3v) is 2.20. The van der Waals surface area contributed by atoms with E-state index in [2.05, 4.69) is 0 Å². The third kappa shape index (κ3) is 2.54. The summed E-state index contributed by atoms with van der Waals surface area (Å²) >= 11 is 0.